The molecule has 0 N–H and O–H groups in total. The molecule has 1 aliphatic heterocycles. The number of aromatic nitrogens is 1. The van der Waals surface area contributed by atoms with Gasteiger partial charge in [0.05, 0.1) is 35.7 Å². The van der Waals surface area contributed by atoms with E-state index in [-0.39, 0.29) is 49.5 Å². The average molecular weight is 604 g/mol. The molecule has 3 heterocycles. The van der Waals surface area contributed by atoms with Crippen LogP contribution in [0.1, 0.15) is 5.56 Å². The lowest BCUT2D eigenvalue weighted by molar-refractivity contribution is -0.146. The van der Waals surface area contributed by atoms with Gasteiger partial charge in [-0.15, -0.1) is 0 Å². The van der Waals surface area contributed by atoms with Crippen molar-refractivity contribution in [1.82, 2.24) is 3.97 Å². The van der Waals surface area contributed by atoms with Gasteiger partial charge in [-0.1, -0.05) is 23.8 Å². The van der Waals surface area contributed by atoms with Crippen LogP contribution in [0, 0.1) is 31.0 Å². The second-order valence-corrected chi connectivity index (χ2v) is 12.7. The maximum Gasteiger partial charge on any atom is 0.312 e. The molecule has 3 aromatic carbocycles. The molecule has 6 rings (SSSR count). The van der Waals surface area contributed by atoms with Crippen LogP contribution in [0.3, 0.4) is 0 Å². The van der Waals surface area contributed by atoms with Crippen molar-refractivity contribution in [2.24, 2.45) is 5.92 Å². The standard InChI is InChI=1S/C31H23F2N3O4S2/c1-18-4-8-22(9-5-18)42(38,39)36-27-11-6-20(32)14-25(27)28(23-12-13-41-30(23)34-2)29(36)24-15-21(7-10-26(24)33)35-16-19(17-35)31(37)40-3/h4-15,19H,16-17H2,1,3H3. The zero-order valence-electron chi connectivity index (χ0n) is 22.5. The van der Waals surface area contributed by atoms with E-state index in [2.05, 4.69) is 4.85 Å². The van der Waals surface area contributed by atoms with E-state index in [4.69, 9.17) is 11.3 Å². The number of ether oxygens (including phenoxy) is 1. The third-order valence-corrected chi connectivity index (χ3v) is 9.98. The van der Waals surface area contributed by atoms with Crippen LogP contribution in [-0.4, -0.2) is 38.6 Å². The summed E-state index contributed by atoms with van der Waals surface area (Å²) in [5, 5.41) is 2.17. The number of carbonyl (C=O) groups excluding carboxylic acids is 1. The van der Waals surface area contributed by atoms with Crippen LogP contribution in [0.4, 0.5) is 19.5 Å². The highest BCUT2D eigenvalue weighted by molar-refractivity contribution is 7.90. The molecule has 11 heteroatoms. The van der Waals surface area contributed by atoms with Crippen LogP contribution in [-0.2, 0) is 19.6 Å². The highest BCUT2D eigenvalue weighted by atomic mass is 32.2. The highest BCUT2D eigenvalue weighted by Gasteiger charge is 2.35. The van der Waals surface area contributed by atoms with Gasteiger partial charge in [0.15, 0.2) is 0 Å². The number of halogens is 2. The lowest BCUT2D eigenvalue weighted by Crippen LogP contribution is -2.50. The topological polar surface area (TPSA) is 73.0 Å². The predicted molar refractivity (Wildman–Crippen MR) is 158 cm³/mol. The molecule has 1 aliphatic rings. The second kappa shape index (κ2) is 10.4. The molecule has 1 saturated heterocycles. The number of methoxy groups -OCH3 is 1. The molecule has 5 aromatic rings. The summed E-state index contributed by atoms with van der Waals surface area (Å²) in [7, 11) is -3.03. The van der Waals surface area contributed by atoms with E-state index >= 15 is 4.39 Å². The molecule has 0 saturated carbocycles. The minimum atomic E-state index is -4.35. The van der Waals surface area contributed by atoms with E-state index < -0.39 is 21.7 Å². The molecule has 0 spiro atoms. The molecule has 0 atom stereocenters. The Balaban J connectivity index is 1.68. The Bertz CT molecular complexity index is 2020. The number of anilines is 1. The van der Waals surface area contributed by atoms with Gasteiger partial charge < -0.3 is 9.64 Å². The number of nitrogens with zero attached hydrogens (tertiary/aromatic N) is 3. The second-order valence-electron chi connectivity index (χ2n) is 10.0. The van der Waals surface area contributed by atoms with Crippen molar-refractivity contribution < 1.29 is 26.7 Å². The Morgan fingerprint density at radius 2 is 1.76 bits per heavy atom. The van der Waals surface area contributed by atoms with Crippen LogP contribution in [0.15, 0.2) is 77.0 Å². The Morgan fingerprint density at radius 3 is 2.45 bits per heavy atom. The van der Waals surface area contributed by atoms with Gasteiger partial charge in [-0.3, -0.25) is 4.79 Å². The highest BCUT2D eigenvalue weighted by Crippen LogP contribution is 2.48. The maximum atomic E-state index is 15.9. The Kier molecular flexibility index (Phi) is 6.83. The smallest absolute Gasteiger partial charge is 0.312 e. The van der Waals surface area contributed by atoms with Gasteiger partial charge in [-0.2, -0.15) is 11.3 Å². The van der Waals surface area contributed by atoms with Crippen molar-refractivity contribution >= 4 is 48.9 Å². The van der Waals surface area contributed by atoms with Gasteiger partial charge in [0, 0.05) is 40.9 Å². The molecular weight excluding hydrogens is 580 g/mol. The average Bonchev–Trinajstić information content (AvgIpc) is 3.55. The van der Waals surface area contributed by atoms with E-state index in [0.29, 0.717) is 24.3 Å². The summed E-state index contributed by atoms with van der Waals surface area (Å²) in [5.74, 6) is -1.98. The van der Waals surface area contributed by atoms with Crippen LogP contribution in [0.25, 0.3) is 38.1 Å². The summed E-state index contributed by atoms with van der Waals surface area (Å²) >= 11 is 1.15. The minimum absolute atomic E-state index is 0.0242. The number of benzene rings is 3. The lowest BCUT2D eigenvalue weighted by atomic mass is 9.96. The van der Waals surface area contributed by atoms with Crippen molar-refractivity contribution in [1.29, 1.82) is 0 Å². The first-order valence-electron chi connectivity index (χ1n) is 12.9. The van der Waals surface area contributed by atoms with Crippen LogP contribution in [0.2, 0.25) is 0 Å². The molecule has 2 aromatic heterocycles. The maximum absolute atomic E-state index is 15.9. The van der Waals surface area contributed by atoms with Gasteiger partial charge in [0.1, 0.15) is 11.6 Å². The minimum Gasteiger partial charge on any atom is -0.469 e. The molecule has 0 bridgehead atoms. The van der Waals surface area contributed by atoms with Gasteiger partial charge in [-0.05, 0) is 60.8 Å². The SMILES string of the molecule is [C-]#[N+]c1sccc1-c1c(-c2cc(N3CC(C(=O)OC)C3)ccc2F)n(S(=O)(=O)c2ccc(C)cc2)c2ccc(F)cc12. The Labute approximate surface area is 245 Å². The number of rotatable bonds is 6. The number of aryl methyl sites for hydroxylation is 1. The van der Waals surface area contributed by atoms with Gasteiger partial charge >= 0.3 is 5.97 Å². The lowest BCUT2D eigenvalue weighted by Gasteiger charge is -2.39. The molecule has 0 unspecified atom stereocenters. The molecule has 1 fully saturated rings. The number of hydrogen-bond acceptors (Lipinski definition) is 6. The fourth-order valence-corrected chi connectivity index (χ4v) is 7.51. The summed E-state index contributed by atoms with van der Waals surface area (Å²) in [6, 6.07) is 16.0. The number of hydrogen-bond donors (Lipinski definition) is 0. The fraction of sp³-hybridized carbons (Fsp3) is 0.161. The molecule has 0 aliphatic carbocycles. The summed E-state index contributed by atoms with van der Waals surface area (Å²) in [6.07, 6.45) is 0. The summed E-state index contributed by atoms with van der Waals surface area (Å²) in [5.41, 5.74) is 2.11. The first-order valence-corrected chi connectivity index (χ1v) is 15.2. The van der Waals surface area contributed by atoms with Gasteiger partial charge in [0.2, 0.25) is 5.00 Å². The van der Waals surface area contributed by atoms with Crippen molar-refractivity contribution in [3.8, 4) is 22.4 Å². The van der Waals surface area contributed by atoms with E-state index in [1.165, 1.54) is 43.5 Å². The molecular formula is C31H23F2N3O4S2. The molecule has 7 nitrogen and oxygen atoms in total. The van der Waals surface area contributed by atoms with Gasteiger partial charge in [0.25, 0.3) is 10.0 Å². The third-order valence-electron chi connectivity index (χ3n) is 7.45. The zero-order chi connectivity index (χ0) is 29.8. The number of thiophene rings is 1. The Hall–Kier alpha value is -4.53. The molecule has 0 radical (unpaired) electrons. The number of fused-ring (bicyclic) bond motifs is 1. The number of carbonyl (C=O) groups is 1. The first kappa shape index (κ1) is 27.6. The first-order chi connectivity index (χ1) is 20.1. The molecule has 42 heavy (non-hydrogen) atoms. The van der Waals surface area contributed by atoms with Crippen molar-refractivity contribution in [2.75, 3.05) is 25.1 Å². The van der Waals surface area contributed by atoms with Crippen LogP contribution >= 0.6 is 11.3 Å². The van der Waals surface area contributed by atoms with Crippen molar-refractivity contribution in [2.45, 2.75) is 11.8 Å². The van der Waals surface area contributed by atoms with Crippen molar-refractivity contribution in [3.05, 3.63) is 101 Å². The van der Waals surface area contributed by atoms with Crippen LogP contribution in [0.5, 0.6) is 0 Å². The van der Waals surface area contributed by atoms with E-state index in [1.54, 1.807) is 29.6 Å². The van der Waals surface area contributed by atoms with E-state index in [1.807, 2.05) is 11.8 Å². The van der Waals surface area contributed by atoms with Gasteiger partial charge in [-0.25, -0.2) is 26.0 Å². The van der Waals surface area contributed by atoms with Crippen molar-refractivity contribution in [3.63, 3.8) is 0 Å². The van der Waals surface area contributed by atoms with E-state index in [0.717, 1.165) is 26.9 Å². The summed E-state index contributed by atoms with van der Waals surface area (Å²) in [6.45, 7) is 10.3. The number of esters is 1. The normalized spacial score (nSPS) is 13.6. The fourth-order valence-electron chi connectivity index (χ4n) is 5.29. The monoisotopic (exact) mass is 603 g/mol. The zero-order valence-corrected chi connectivity index (χ0v) is 24.1. The molecule has 0 amide bonds. The third kappa shape index (κ3) is 4.44. The largest absolute Gasteiger partial charge is 0.469 e. The quantitative estimate of drug-likeness (QED) is 0.154. The summed E-state index contributed by atoms with van der Waals surface area (Å²) < 4.78 is 65.2. The van der Waals surface area contributed by atoms with Crippen LogP contribution < -0.4 is 4.90 Å². The Morgan fingerprint density at radius 1 is 1.02 bits per heavy atom. The molecule has 212 valence electrons. The summed E-state index contributed by atoms with van der Waals surface area (Å²) in [4.78, 5) is 17.4. The van der Waals surface area contributed by atoms with E-state index in [9.17, 15) is 17.6 Å². The predicted octanol–water partition coefficient (Wildman–Crippen LogP) is 7.02.